The topological polar surface area (TPSA) is 20.2 Å². The Kier molecular flexibility index (Phi) is 2.84. The van der Waals surface area contributed by atoms with Gasteiger partial charge in [-0.25, -0.2) is 0 Å². The molecule has 0 heterocycles. The maximum absolute atomic E-state index is 9.24. The summed E-state index contributed by atoms with van der Waals surface area (Å²) in [5.74, 6) is 0. The summed E-state index contributed by atoms with van der Waals surface area (Å²) < 4.78 is 0. The lowest BCUT2D eigenvalue weighted by Gasteiger charge is -2.06. The first-order valence-electron chi connectivity index (χ1n) is 5.11. The van der Waals surface area contributed by atoms with E-state index in [1.54, 1.807) is 0 Å². The standard InChI is InChI=1S/C14H14O/c1-2-5-11-8-9-12(10-15)14-7-4-3-6-13(11)14/h2-9,15H,10H2,1H3/b5-2+. The van der Waals surface area contributed by atoms with Crippen molar-refractivity contribution in [3.8, 4) is 0 Å². The molecule has 0 aliphatic rings. The summed E-state index contributed by atoms with van der Waals surface area (Å²) in [6.45, 7) is 2.10. The van der Waals surface area contributed by atoms with Crippen molar-refractivity contribution >= 4 is 16.8 Å². The highest BCUT2D eigenvalue weighted by atomic mass is 16.3. The van der Waals surface area contributed by atoms with E-state index in [1.807, 2.05) is 43.3 Å². The van der Waals surface area contributed by atoms with Crippen molar-refractivity contribution in [3.05, 3.63) is 53.6 Å². The minimum Gasteiger partial charge on any atom is -0.392 e. The molecule has 76 valence electrons. The molecule has 2 aromatic carbocycles. The minimum absolute atomic E-state index is 0.0939. The Morgan fingerprint density at radius 1 is 1.07 bits per heavy atom. The fourth-order valence-electron chi connectivity index (χ4n) is 1.85. The molecule has 0 radical (unpaired) electrons. The Bertz CT molecular complexity index is 498. The van der Waals surface area contributed by atoms with Crippen molar-refractivity contribution in [2.45, 2.75) is 13.5 Å². The van der Waals surface area contributed by atoms with E-state index in [0.29, 0.717) is 0 Å². The van der Waals surface area contributed by atoms with Gasteiger partial charge in [-0.15, -0.1) is 0 Å². The first kappa shape index (κ1) is 9.94. The highest BCUT2D eigenvalue weighted by molar-refractivity contribution is 5.92. The van der Waals surface area contributed by atoms with Gasteiger partial charge in [0.05, 0.1) is 6.61 Å². The third-order valence-electron chi connectivity index (χ3n) is 2.56. The van der Waals surface area contributed by atoms with Crippen molar-refractivity contribution < 1.29 is 5.11 Å². The van der Waals surface area contributed by atoms with Gasteiger partial charge in [-0.1, -0.05) is 48.6 Å². The van der Waals surface area contributed by atoms with E-state index in [1.165, 1.54) is 10.9 Å². The van der Waals surface area contributed by atoms with E-state index < -0.39 is 0 Å². The normalized spacial score (nSPS) is 11.3. The number of hydrogen-bond acceptors (Lipinski definition) is 1. The third-order valence-corrected chi connectivity index (χ3v) is 2.56. The molecule has 0 spiro atoms. The number of aliphatic hydroxyl groups is 1. The third kappa shape index (κ3) is 1.79. The van der Waals surface area contributed by atoms with Crippen LogP contribution in [0.15, 0.2) is 42.5 Å². The lowest BCUT2D eigenvalue weighted by molar-refractivity contribution is 0.283. The largest absolute Gasteiger partial charge is 0.392 e. The smallest absolute Gasteiger partial charge is 0.0687 e. The Morgan fingerprint density at radius 3 is 2.47 bits per heavy atom. The minimum atomic E-state index is 0.0939. The van der Waals surface area contributed by atoms with Crippen LogP contribution >= 0.6 is 0 Å². The summed E-state index contributed by atoms with van der Waals surface area (Å²) >= 11 is 0. The molecule has 1 nitrogen and oxygen atoms in total. The molecule has 0 unspecified atom stereocenters. The highest BCUT2D eigenvalue weighted by Crippen LogP contribution is 2.23. The van der Waals surface area contributed by atoms with Crippen LogP contribution in [0.5, 0.6) is 0 Å². The maximum atomic E-state index is 9.24. The van der Waals surface area contributed by atoms with Gasteiger partial charge in [0.25, 0.3) is 0 Å². The average Bonchev–Trinajstić information content (AvgIpc) is 2.30. The molecule has 0 atom stereocenters. The predicted octanol–water partition coefficient (Wildman–Crippen LogP) is 3.37. The van der Waals surface area contributed by atoms with Crippen molar-refractivity contribution in [1.29, 1.82) is 0 Å². The zero-order chi connectivity index (χ0) is 10.7. The van der Waals surface area contributed by atoms with Crippen LogP contribution in [0.3, 0.4) is 0 Å². The second-order valence-corrected chi connectivity index (χ2v) is 3.52. The van der Waals surface area contributed by atoms with E-state index in [9.17, 15) is 5.11 Å². The molecule has 0 bridgehead atoms. The predicted molar refractivity (Wildman–Crippen MR) is 64.6 cm³/mol. The Labute approximate surface area is 89.7 Å². The molecule has 0 aliphatic heterocycles. The van der Waals surface area contributed by atoms with Gasteiger partial charge in [0, 0.05) is 0 Å². The summed E-state index contributed by atoms with van der Waals surface area (Å²) in [6.07, 6.45) is 4.11. The van der Waals surface area contributed by atoms with Crippen molar-refractivity contribution in [2.75, 3.05) is 0 Å². The van der Waals surface area contributed by atoms with E-state index in [-0.39, 0.29) is 6.61 Å². The average molecular weight is 198 g/mol. The lowest BCUT2D eigenvalue weighted by Crippen LogP contribution is -1.87. The van der Waals surface area contributed by atoms with Crippen molar-refractivity contribution in [3.63, 3.8) is 0 Å². The van der Waals surface area contributed by atoms with Gasteiger partial charge in [0.15, 0.2) is 0 Å². The van der Waals surface area contributed by atoms with E-state index in [0.717, 1.165) is 10.9 Å². The van der Waals surface area contributed by atoms with Crippen LogP contribution in [0.25, 0.3) is 16.8 Å². The molecule has 1 N–H and O–H groups in total. The summed E-state index contributed by atoms with van der Waals surface area (Å²) in [7, 11) is 0. The SMILES string of the molecule is C/C=C/c1ccc(CO)c2ccccc12. The molecule has 0 amide bonds. The molecule has 0 saturated carbocycles. The molecular weight excluding hydrogens is 184 g/mol. The molecule has 0 saturated heterocycles. The Hall–Kier alpha value is -1.60. The fourth-order valence-corrected chi connectivity index (χ4v) is 1.85. The summed E-state index contributed by atoms with van der Waals surface area (Å²) in [5.41, 5.74) is 2.18. The maximum Gasteiger partial charge on any atom is 0.0687 e. The van der Waals surface area contributed by atoms with Crippen LogP contribution in [0.4, 0.5) is 0 Å². The highest BCUT2D eigenvalue weighted by Gasteiger charge is 2.02. The Morgan fingerprint density at radius 2 is 1.80 bits per heavy atom. The van der Waals surface area contributed by atoms with Gasteiger partial charge < -0.3 is 5.11 Å². The molecule has 0 fully saturated rings. The lowest BCUT2D eigenvalue weighted by atomic mass is 10.00. The van der Waals surface area contributed by atoms with Crippen LogP contribution < -0.4 is 0 Å². The van der Waals surface area contributed by atoms with Gasteiger partial charge >= 0.3 is 0 Å². The van der Waals surface area contributed by atoms with Crippen molar-refractivity contribution in [2.24, 2.45) is 0 Å². The van der Waals surface area contributed by atoms with Gasteiger partial charge in [-0.2, -0.15) is 0 Å². The second-order valence-electron chi connectivity index (χ2n) is 3.52. The first-order valence-corrected chi connectivity index (χ1v) is 5.11. The van der Waals surface area contributed by atoms with Crippen LogP contribution in [0.2, 0.25) is 0 Å². The number of aliphatic hydroxyl groups excluding tert-OH is 1. The molecule has 2 rings (SSSR count). The first-order chi connectivity index (χ1) is 7.36. The molecule has 2 aromatic rings. The fraction of sp³-hybridized carbons (Fsp3) is 0.143. The Balaban J connectivity index is 2.77. The van der Waals surface area contributed by atoms with Gasteiger partial charge in [0.2, 0.25) is 0 Å². The van der Waals surface area contributed by atoms with Crippen LogP contribution in [-0.4, -0.2) is 5.11 Å². The van der Waals surface area contributed by atoms with Gasteiger partial charge in [-0.05, 0) is 28.8 Å². The molecule has 1 heteroatoms. The zero-order valence-electron chi connectivity index (χ0n) is 8.77. The monoisotopic (exact) mass is 198 g/mol. The van der Waals surface area contributed by atoms with E-state index in [2.05, 4.69) is 12.1 Å². The summed E-state index contributed by atoms with van der Waals surface area (Å²) in [6, 6.07) is 12.2. The number of fused-ring (bicyclic) bond motifs is 1. The number of benzene rings is 2. The van der Waals surface area contributed by atoms with Gasteiger partial charge in [0.1, 0.15) is 0 Å². The summed E-state index contributed by atoms with van der Waals surface area (Å²) in [4.78, 5) is 0. The molecule has 0 aliphatic carbocycles. The van der Waals surface area contributed by atoms with Crippen LogP contribution in [0, 0.1) is 0 Å². The van der Waals surface area contributed by atoms with Crippen LogP contribution in [0.1, 0.15) is 18.1 Å². The molecular formula is C14H14O. The second kappa shape index (κ2) is 4.28. The van der Waals surface area contributed by atoms with Crippen molar-refractivity contribution in [1.82, 2.24) is 0 Å². The zero-order valence-corrected chi connectivity index (χ0v) is 8.77. The van der Waals surface area contributed by atoms with Crippen LogP contribution in [-0.2, 0) is 6.61 Å². The molecule has 0 aromatic heterocycles. The number of allylic oxidation sites excluding steroid dienone is 1. The number of hydrogen-bond donors (Lipinski definition) is 1. The quantitative estimate of drug-likeness (QED) is 0.784. The van der Waals surface area contributed by atoms with Gasteiger partial charge in [-0.3, -0.25) is 0 Å². The summed E-state index contributed by atoms with van der Waals surface area (Å²) in [5, 5.41) is 11.6. The molecule has 15 heavy (non-hydrogen) atoms. The number of rotatable bonds is 2. The van der Waals surface area contributed by atoms with E-state index in [4.69, 9.17) is 0 Å². The van der Waals surface area contributed by atoms with E-state index >= 15 is 0 Å².